The highest BCUT2D eigenvalue weighted by molar-refractivity contribution is 5.97. The lowest BCUT2D eigenvalue weighted by Crippen LogP contribution is -2.48. The first-order valence-electron chi connectivity index (χ1n) is 11.6. The van der Waals surface area contributed by atoms with Crippen LogP contribution in [0.3, 0.4) is 0 Å². The molecule has 1 atom stereocenters. The van der Waals surface area contributed by atoms with Crippen molar-refractivity contribution in [3.8, 4) is 11.5 Å². The molecule has 1 aromatic rings. The van der Waals surface area contributed by atoms with Crippen molar-refractivity contribution in [2.24, 2.45) is 5.92 Å². The molecule has 0 radical (unpaired) electrons. The monoisotopic (exact) mass is 493 g/mol. The number of piperidine rings is 1. The molecule has 1 aliphatic heterocycles. The average molecular weight is 494 g/mol. The summed E-state index contributed by atoms with van der Waals surface area (Å²) in [7, 11) is 2.94. The Kier molecular flexibility index (Phi) is 10.6. The van der Waals surface area contributed by atoms with Gasteiger partial charge < -0.3 is 34.5 Å². The van der Waals surface area contributed by atoms with E-state index >= 15 is 0 Å². The third-order valence-electron chi connectivity index (χ3n) is 5.55. The van der Waals surface area contributed by atoms with Gasteiger partial charge in [0.1, 0.15) is 17.5 Å². The van der Waals surface area contributed by atoms with Gasteiger partial charge in [0, 0.05) is 30.8 Å². The minimum atomic E-state index is -0.958. The fourth-order valence-electron chi connectivity index (χ4n) is 3.58. The van der Waals surface area contributed by atoms with Crippen LogP contribution in [-0.2, 0) is 19.1 Å². The molecule has 0 spiro atoms. The third kappa shape index (κ3) is 8.34. The van der Waals surface area contributed by atoms with Crippen LogP contribution in [0.2, 0.25) is 0 Å². The Balaban J connectivity index is 1.87. The van der Waals surface area contributed by atoms with E-state index in [9.17, 15) is 19.2 Å². The van der Waals surface area contributed by atoms with Gasteiger partial charge in [-0.25, -0.2) is 9.59 Å². The fraction of sp³-hybridized carbons (Fsp3) is 0.583. The molecule has 1 fully saturated rings. The van der Waals surface area contributed by atoms with Crippen LogP contribution in [0.1, 0.15) is 44.0 Å². The summed E-state index contributed by atoms with van der Waals surface area (Å²) in [5, 5.41) is 5.48. The summed E-state index contributed by atoms with van der Waals surface area (Å²) < 4.78 is 20.5. The van der Waals surface area contributed by atoms with Gasteiger partial charge >= 0.3 is 12.1 Å². The standard InChI is InChI=1S/C24H35N3O8/c1-6-34-24(31)27-9-7-17(8-10-27)25-20(28)14-35-23(30)21(15(2)3)26-22(29)16-11-18(32-4)13-19(12-16)33-5/h11-13,15,17,21H,6-10,14H2,1-5H3,(H,25,28)(H,26,29)/t21-/m0/s1. The number of rotatable bonds is 10. The van der Waals surface area contributed by atoms with E-state index in [1.54, 1.807) is 31.7 Å². The molecule has 11 heteroatoms. The highest BCUT2D eigenvalue weighted by atomic mass is 16.6. The van der Waals surface area contributed by atoms with Gasteiger partial charge in [-0.3, -0.25) is 9.59 Å². The number of nitrogens with zero attached hydrogens (tertiary/aromatic N) is 1. The number of benzene rings is 1. The van der Waals surface area contributed by atoms with Gasteiger partial charge in [0.05, 0.1) is 20.8 Å². The van der Waals surface area contributed by atoms with Gasteiger partial charge in [-0.05, 0) is 37.8 Å². The summed E-state index contributed by atoms with van der Waals surface area (Å²) in [6.45, 7) is 6.05. The van der Waals surface area contributed by atoms with Gasteiger partial charge in [-0.1, -0.05) is 13.8 Å². The van der Waals surface area contributed by atoms with Crippen LogP contribution in [0.5, 0.6) is 11.5 Å². The number of hydrogen-bond donors (Lipinski definition) is 2. The molecule has 0 unspecified atom stereocenters. The number of carbonyl (C=O) groups is 4. The molecule has 0 saturated carbocycles. The maximum Gasteiger partial charge on any atom is 0.409 e. The lowest BCUT2D eigenvalue weighted by molar-refractivity contribution is -0.151. The molecule has 0 aromatic heterocycles. The third-order valence-corrected chi connectivity index (χ3v) is 5.55. The average Bonchev–Trinajstić information content (AvgIpc) is 2.85. The van der Waals surface area contributed by atoms with Crippen molar-refractivity contribution in [3.63, 3.8) is 0 Å². The molecule has 3 amide bonds. The van der Waals surface area contributed by atoms with Gasteiger partial charge in [0.15, 0.2) is 6.61 Å². The first-order chi connectivity index (χ1) is 16.7. The Morgan fingerprint density at radius 1 is 1.00 bits per heavy atom. The summed E-state index contributed by atoms with van der Waals surface area (Å²) in [5.41, 5.74) is 0.256. The van der Waals surface area contributed by atoms with Gasteiger partial charge in [0.2, 0.25) is 0 Å². The highest BCUT2D eigenvalue weighted by Gasteiger charge is 2.28. The van der Waals surface area contributed by atoms with E-state index < -0.39 is 30.4 Å². The fourth-order valence-corrected chi connectivity index (χ4v) is 3.58. The summed E-state index contributed by atoms with van der Waals surface area (Å²) in [6, 6.07) is 3.60. The van der Waals surface area contributed by atoms with Gasteiger partial charge in [0.25, 0.3) is 11.8 Å². The lowest BCUT2D eigenvalue weighted by Gasteiger charge is -2.31. The number of methoxy groups -OCH3 is 2. The first-order valence-corrected chi connectivity index (χ1v) is 11.6. The van der Waals surface area contributed by atoms with E-state index in [-0.39, 0.29) is 23.6 Å². The van der Waals surface area contributed by atoms with E-state index in [0.717, 1.165) is 0 Å². The van der Waals surface area contributed by atoms with Crippen molar-refractivity contribution in [1.82, 2.24) is 15.5 Å². The minimum absolute atomic E-state index is 0.129. The maximum absolute atomic E-state index is 12.8. The van der Waals surface area contributed by atoms with Crippen molar-refractivity contribution in [3.05, 3.63) is 23.8 Å². The molecular weight excluding hydrogens is 458 g/mol. The van der Waals surface area contributed by atoms with Crippen LogP contribution in [-0.4, -0.2) is 81.4 Å². The van der Waals surface area contributed by atoms with E-state index in [1.807, 2.05) is 0 Å². The molecule has 2 rings (SSSR count). The molecule has 35 heavy (non-hydrogen) atoms. The number of amides is 3. The molecule has 11 nitrogen and oxygen atoms in total. The quantitative estimate of drug-likeness (QED) is 0.471. The van der Waals surface area contributed by atoms with E-state index in [4.69, 9.17) is 18.9 Å². The minimum Gasteiger partial charge on any atom is -0.497 e. The summed E-state index contributed by atoms with van der Waals surface area (Å²) in [4.78, 5) is 51.1. The zero-order valence-corrected chi connectivity index (χ0v) is 20.9. The Bertz CT molecular complexity index is 875. The zero-order chi connectivity index (χ0) is 26.0. The molecule has 1 heterocycles. The predicted octanol–water partition coefficient (Wildman–Crippen LogP) is 1.74. The number of ether oxygens (including phenoxy) is 4. The Morgan fingerprint density at radius 3 is 2.11 bits per heavy atom. The second-order valence-electron chi connectivity index (χ2n) is 8.43. The molecule has 0 aliphatic carbocycles. The van der Waals surface area contributed by atoms with Crippen LogP contribution in [0.15, 0.2) is 18.2 Å². The predicted molar refractivity (Wildman–Crippen MR) is 126 cm³/mol. The number of hydrogen-bond acceptors (Lipinski definition) is 8. The topological polar surface area (TPSA) is 132 Å². The summed E-state index contributed by atoms with van der Waals surface area (Å²) >= 11 is 0. The SMILES string of the molecule is CCOC(=O)N1CCC(NC(=O)COC(=O)[C@@H](NC(=O)c2cc(OC)cc(OC)c2)C(C)C)CC1. The molecule has 2 N–H and O–H groups in total. The molecule has 194 valence electrons. The Hall–Kier alpha value is -3.50. The summed E-state index contributed by atoms with van der Waals surface area (Å²) in [6.07, 6.45) is 0.792. The van der Waals surface area contributed by atoms with Crippen LogP contribution >= 0.6 is 0 Å². The van der Waals surface area contributed by atoms with E-state index in [0.29, 0.717) is 44.0 Å². The van der Waals surface area contributed by atoms with Crippen molar-refractivity contribution < 1.29 is 38.1 Å². The lowest BCUT2D eigenvalue weighted by atomic mass is 10.0. The van der Waals surface area contributed by atoms with Gasteiger partial charge in [-0.15, -0.1) is 0 Å². The number of esters is 1. The molecule has 1 aliphatic rings. The molecule has 1 saturated heterocycles. The van der Waals surface area contributed by atoms with Crippen LogP contribution < -0.4 is 20.1 Å². The molecule has 1 aromatic carbocycles. The van der Waals surface area contributed by atoms with E-state index in [2.05, 4.69) is 10.6 Å². The Labute approximate surface area is 205 Å². The number of likely N-dealkylation sites (tertiary alicyclic amines) is 1. The van der Waals surface area contributed by atoms with Crippen molar-refractivity contribution in [1.29, 1.82) is 0 Å². The zero-order valence-electron chi connectivity index (χ0n) is 20.9. The number of nitrogens with one attached hydrogen (secondary N) is 2. The second kappa shape index (κ2) is 13.4. The van der Waals surface area contributed by atoms with Crippen molar-refractivity contribution in [2.45, 2.75) is 45.7 Å². The normalized spacial score (nSPS) is 14.6. The number of carbonyl (C=O) groups excluding carboxylic acids is 4. The Morgan fingerprint density at radius 2 is 1.60 bits per heavy atom. The maximum atomic E-state index is 12.8. The van der Waals surface area contributed by atoms with Crippen LogP contribution in [0.25, 0.3) is 0 Å². The first kappa shape index (κ1) is 27.7. The molecule has 0 bridgehead atoms. The molecular formula is C24H35N3O8. The van der Waals surface area contributed by atoms with Crippen LogP contribution in [0, 0.1) is 5.92 Å². The van der Waals surface area contributed by atoms with Gasteiger partial charge in [-0.2, -0.15) is 0 Å². The summed E-state index contributed by atoms with van der Waals surface area (Å²) in [5.74, 6) is -1.08. The van der Waals surface area contributed by atoms with Crippen LogP contribution in [0.4, 0.5) is 4.79 Å². The van der Waals surface area contributed by atoms with E-state index in [1.165, 1.54) is 26.4 Å². The largest absolute Gasteiger partial charge is 0.497 e. The van der Waals surface area contributed by atoms with Crippen molar-refractivity contribution >= 4 is 23.9 Å². The highest BCUT2D eigenvalue weighted by Crippen LogP contribution is 2.22. The smallest absolute Gasteiger partial charge is 0.409 e. The van der Waals surface area contributed by atoms with Crippen molar-refractivity contribution in [2.75, 3.05) is 40.5 Å². The second-order valence-corrected chi connectivity index (χ2v) is 8.43.